The summed E-state index contributed by atoms with van der Waals surface area (Å²) >= 11 is 5.98. The van der Waals surface area contributed by atoms with Gasteiger partial charge in [0.2, 0.25) is 5.91 Å². The van der Waals surface area contributed by atoms with Gasteiger partial charge in [-0.3, -0.25) is 4.79 Å². The van der Waals surface area contributed by atoms with Crippen molar-refractivity contribution in [3.63, 3.8) is 0 Å². The molecule has 1 aromatic rings. The summed E-state index contributed by atoms with van der Waals surface area (Å²) in [5, 5.41) is 3.93. The van der Waals surface area contributed by atoms with Gasteiger partial charge in [0.25, 0.3) is 0 Å². The van der Waals surface area contributed by atoms with E-state index in [4.69, 9.17) is 0 Å². The molecule has 1 fully saturated rings. The predicted molar refractivity (Wildman–Crippen MR) is 73.5 cm³/mol. The topological polar surface area (TPSA) is 42.0 Å². The van der Waals surface area contributed by atoms with E-state index in [0.717, 1.165) is 30.0 Å². The van der Waals surface area contributed by atoms with Crippen LogP contribution in [0.5, 0.6) is 0 Å². The van der Waals surface area contributed by atoms with E-state index in [1.54, 1.807) is 11.3 Å². The zero-order valence-electron chi connectivity index (χ0n) is 10.0. The van der Waals surface area contributed by atoms with Gasteiger partial charge in [-0.15, -0.1) is 11.3 Å². The van der Waals surface area contributed by atoms with Crippen molar-refractivity contribution < 1.29 is 4.79 Å². The molecule has 0 saturated heterocycles. The van der Waals surface area contributed by atoms with Crippen LogP contribution in [0.2, 0.25) is 0 Å². The van der Waals surface area contributed by atoms with E-state index in [1.807, 2.05) is 6.20 Å². The van der Waals surface area contributed by atoms with Crippen molar-refractivity contribution in [2.45, 2.75) is 39.2 Å². The van der Waals surface area contributed by atoms with Crippen LogP contribution in [-0.4, -0.2) is 16.6 Å². The van der Waals surface area contributed by atoms with E-state index in [9.17, 15) is 4.79 Å². The number of thiazole rings is 1. The van der Waals surface area contributed by atoms with E-state index >= 15 is 0 Å². The second-order valence-electron chi connectivity index (χ2n) is 4.69. The number of nitrogens with zero attached hydrogens (tertiary/aromatic N) is 1. The summed E-state index contributed by atoms with van der Waals surface area (Å²) in [4.78, 5) is 17.3. The number of hydrogen-bond acceptors (Lipinski definition) is 4. The Kier molecular flexibility index (Phi) is 4.09. The fraction of sp³-hybridized carbons (Fsp3) is 0.667. The number of thiol groups is 1. The van der Waals surface area contributed by atoms with Gasteiger partial charge in [-0.2, -0.15) is 12.6 Å². The number of hydrogen-bond donors (Lipinski definition) is 2. The lowest BCUT2D eigenvalue weighted by molar-refractivity contribution is -0.122. The third-order valence-electron chi connectivity index (χ3n) is 3.21. The second kappa shape index (κ2) is 5.40. The first-order valence-corrected chi connectivity index (χ1v) is 7.43. The lowest BCUT2D eigenvalue weighted by Gasteiger charge is -2.10. The van der Waals surface area contributed by atoms with Gasteiger partial charge in [0, 0.05) is 17.5 Å². The summed E-state index contributed by atoms with van der Waals surface area (Å²) in [6.07, 6.45) is 5.79. The van der Waals surface area contributed by atoms with Crippen LogP contribution in [0.15, 0.2) is 6.20 Å². The van der Waals surface area contributed by atoms with Gasteiger partial charge < -0.3 is 5.32 Å². The highest BCUT2D eigenvalue weighted by atomic mass is 32.1. The minimum absolute atomic E-state index is 0.129. The number of aromatic nitrogens is 1. The van der Waals surface area contributed by atoms with E-state index in [1.165, 1.54) is 4.88 Å². The molecular formula is C12H18N2OS2. The number of rotatable bonds is 6. The van der Waals surface area contributed by atoms with Gasteiger partial charge >= 0.3 is 0 Å². The fourth-order valence-electron chi connectivity index (χ4n) is 1.74. The van der Waals surface area contributed by atoms with Gasteiger partial charge in [0.15, 0.2) is 0 Å². The molecule has 0 aromatic carbocycles. The van der Waals surface area contributed by atoms with Gasteiger partial charge in [-0.05, 0) is 30.4 Å². The van der Waals surface area contributed by atoms with Crippen LogP contribution < -0.4 is 5.32 Å². The van der Waals surface area contributed by atoms with Gasteiger partial charge in [-0.1, -0.05) is 6.92 Å². The molecule has 1 N–H and O–H groups in total. The lowest BCUT2D eigenvalue weighted by Crippen LogP contribution is -2.26. The first kappa shape index (κ1) is 12.9. The SMILES string of the molecule is CCc1cnc(CNC(=O)CC2(CS)CC2)s1. The molecular weight excluding hydrogens is 252 g/mol. The molecule has 1 aromatic heterocycles. The molecule has 1 amide bonds. The fourth-order valence-corrected chi connectivity index (χ4v) is 2.97. The molecule has 0 spiro atoms. The van der Waals surface area contributed by atoms with Crippen LogP contribution in [0.25, 0.3) is 0 Å². The van der Waals surface area contributed by atoms with Gasteiger partial charge in [-0.25, -0.2) is 4.98 Å². The molecule has 2 rings (SSSR count). The Bertz CT molecular complexity index is 399. The summed E-state index contributed by atoms with van der Waals surface area (Å²) in [5.74, 6) is 0.947. The van der Waals surface area contributed by atoms with Gasteiger partial charge in [0.05, 0.1) is 6.54 Å². The highest BCUT2D eigenvalue weighted by molar-refractivity contribution is 7.80. The van der Waals surface area contributed by atoms with Crippen molar-refractivity contribution in [1.82, 2.24) is 10.3 Å². The first-order chi connectivity index (χ1) is 8.17. The largest absolute Gasteiger partial charge is 0.350 e. The zero-order valence-corrected chi connectivity index (χ0v) is 11.7. The normalized spacial score (nSPS) is 16.8. The molecule has 0 bridgehead atoms. The molecule has 0 atom stereocenters. The molecule has 0 unspecified atom stereocenters. The summed E-state index contributed by atoms with van der Waals surface area (Å²) in [6, 6.07) is 0. The number of carbonyl (C=O) groups excluding carboxylic acids is 1. The second-order valence-corrected chi connectivity index (χ2v) is 6.20. The maximum atomic E-state index is 11.7. The predicted octanol–water partition coefficient (Wildman–Crippen LogP) is 2.42. The van der Waals surface area contributed by atoms with E-state index in [0.29, 0.717) is 13.0 Å². The van der Waals surface area contributed by atoms with Crippen LogP contribution in [0.1, 0.15) is 36.1 Å². The molecule has 1 heterocycles. The van der Waals surface area contributed by atoms with Crippen molar-refractivity contribution in [2.24, 2.45) is 5.41 Å². The first-order valence-electron chi connectivity index (χ1n) is 5.98. The number of carbonyl (C=O) groups is 1. The summed E-state index contributed by atoms with van der Waals surface area (Å²) in [7, 11) is 0. The van der Waals surface area contributed by atoms with Crippen molar-refractivity contribution in [2.75, 3.05) is 5.75 Å². The van der Waals surface area contributed by atoms with E-state index < -0.39 is 0 Å². The van der Waals surface area contributed by atoms with Crippen molar-refractivity contribution in [1.29, 1.82) is 0 Å². The Labute approximate surface area is 111 Å². The van der Waals surface area contributed by atoms with E-state index in [2.05, 4.69) is 29.9 Å². The average molecular weight is 270 g/mol. The van der Waals surface area contributed by atoms with Crippen LogP contribution >= 0.6 is 24.0 Å². The molecule has 94 valence electrons. The van der Waals surface area contributed by atoms with Crippen LogP contribution in [0.3, 0.4) is 0 Å². The molecule has 1 saturated carbocycles. The molecule has 17 heavy (non-hydrogen) atoms. The van der Waals surface area contributed by atoms with Crippen LogP contribution in [0.4, 0.5) is 0 Å². The summed E-state index contributed by atoms with van der Waals surface area (Å²) < 4.78 is 0. The Balaban J connectivity index is 1.76. The number of aryl methyl sites for hydroxylation is 1. The Hall–Kier alpha value is -0.550. The molecule has 1 aliphatic carbocycles. The minimum Gasteiger partial charge on any atom is -0.350 e. The molecule has 0 aliphatic heterocycles. The standard InChI is InChI=1S/C12H18N2OS2/c1-2-9-6-14-11(17-9)7-13-10(15)5-12(8-16)3-4-12/h6,16H,2-5,7-8H2,1H3,(H,13,15). The number of nitrogens with one attached hydrogen (secondary N) is 1. The van der Waals surface area contributed by atoms with Crippen molar-refractivity contribution in [3.05, 3.63) is 16.1 Å². The molecule has 5 heteroatoms. The highest BCUT2D eigenvalue weighted by Gasteiger charge is 2.42. The Morgan fingerprint density at radius 1 is 1.65 bits per heavy atom. The molecule has 3 nitrogen and oxygen atoms in total. The minimum atomic E-state index is 0.129. The monoisotopic (exact) mass is 270 g/mol. The zero-order chi connectivity index (χ0) is 12.3. The quantitative estimate of drug-likeness (QED) is 0.780. The van der Waals surface area contributed by atoms with Crippen LogP contribution in [-0.2, 0) is 17.8 Å². The maximum Gasteiger partial charge on any atom is 0.220 e. The number of amides is 1. The molecule has 1 aliphatic rings. The van der Waals surface area contributed by atoms with Crippen LogP contribution in [0, 0.1) is 5.41 Å². The highest BCUT2D eigenvalue weighted by Crippen LogP contribution is 2.49. The maximum absolute atomic E-state index is 11.7. The summed E-state index contributed by atoms with van der Waals surface area (Å²) in [5.41, 5.74) is 0.199. The third-order valence-corrected chi connectivity index (χ3v) is 5.03. The van der Waals surface area contributed by atoms with Gasteiger partial charge in [0.1, 0.15) is 5.01 Å². The molecule has 0 radical (unpaired) electrons. The third kappa shape index (κ3) is 3.45. The smallest absolute Gasteiger partial charge is 0.220 e. The van der Waals surface area contributed by atoms with Crippen molar-refractivity contribution in [3.8, 4) is 0 Å². The summed E-state index contributed by atoms with van der Waals surface area (Å²) in [6.45, 7) is 2.67. The van der Waals surface area contributed by atoms with Crippen molar-refractivity contribution >= 4 is 29.9 Å². The average Bonchev–Trinajstić information content (AvgIpc) is 2.95. The Morgan fingerprint density at radius 2 is 2.41 bits per heavy atom. The Morgan fingerprint density at radius 3 is 2.94 bits per heavy atom. The van der Waals surface area contributed by atoms with E-state index in [-0.39, 0.29) is 11.3 Å². The lowest BCUT2D eigenvalue weighted by atomic mass is 10.1.